The molecule has 0 saturated carbocycles. The molecule has 0 unspecified atom stereocenters. The Bertz CT molecular complexity index is 473. The van der Waals surface area contributed by atoms with Gasteiger partial charge >= 0.3 is 0 Å². The quantitative estimate of drug-likeness (QED) is 0.800. The first kappa shape index (κ1) is 19.3. The van der Waals surface area contributed by atoms with E-state index in [0.717, 1.165) is 19.6 Å². The minimum atomic E-state index is 0.548. The number of nitrogens with zero attached hydrogens (tertiary/aromatic N) is 2. The van der Waals surface area contributed by atoms with Gasteiger partial charge in [0.15, 0.2) is 0 Å². The molecule has 0 aromatic carbocycles. The van der Waals surface area contributed by atoms with Crippen molar-refractivity contribution in [2.75, 3.05) is 32.7 Å². The van der Waals surface area contributed by atoms with Gasteiger partial charge in [0, 0.05) is 37.1 Å². The van der Waals surface area contributed by atoms with E-state index in [1.807, 2.05) is 0 Å². The van der Waals surface area contributed by atoms with Crippen molar-refractivity contribution in [3.05, 3.63) is 0 Å². The SMILES string of the molecule is CC(C)NC1CCN(CC#CC#CC2CCN(C(C)C)CC2)CC1. The van der Waals surface area contributed by atoms with Gasteiger partial charge in [-0.2, -0.15) is 0 Å². The number of rotatable bonds is 4. The van der Waals surface area contributed by atoms with Crippen molar-refractivity contribution in [3.8, 4) is 23.7 Å². The maximum Gasteiger partial charge on any atom is 0.0611 e. The molecule has 0 aromatic rings. The van der Waals surface area contributed by atoms with E-state index in [4.69, 9.17) is 0 Å². The van der Waals surface area contributed by atoms with Gasteiger partial charge in [0.1, 0.15) is 0 Å². The molecule has 0 aliphatic carbocycles. The van der Waals surface area contributed by atoms with Crippen LogP contribution >= 0.6 is 0 Å². The lowest BCUT2D eigenvalue weighted by Gasteiger charge is -2.32. The predicted octanol–water partition coefficient (Wildman–Crippen LogP) is 2.58. The van der Waals surface area contributed by atoms with E-state index < -0.39 is 0 Å². The first-order valence-corrected chi connectivity index (χ1v) is 9.75. The third kappa shape index (κ3) is 6.86. The molecule has 24 heavy (non-hydrogen) atoms. The zero-order valence-corrected chi connectivity index (χ0v) is 16.1. The van der Waals surface area contributed by atoms with E-state index in [2.05, 4.69) is 66.5 Å². The summed E-state index contributed by atoms with van der Waals surface area (Å²) in [6.45, 7) is 14.5. The summed E-state index contributed by atoms with van der Waals surface area (Å²) in [6, 6.07) is 1.94. The van der Waals surface area contributed by atoms with Gasteiger partial charge in [0.2, 0.25) is 0 Å². The summed E-state index contributed by atoms with van der Waals surface area (Å²) in [6.07, 6.45) is 4.87. The molecular formula is C21H35N3. The van der Waals surface area contributed by atoms with Crippen molar-refractivity contribution in [2.24, 2.45) is 5.92 Å². The summed E-state index contributed by atoms with van der Waals surface area (Å²) >= 11 is 0. The molecule has 0 bridgehead atoms. The number of piperidine rings is 2. The molecule has 0 amide bonds. The van der Waals surface area contributed by atoms with Gasteiger partial charge in [-0.15, -0.1) is 0 Å². The van der Waals surface area contributed by atoms with Crippen molar-refractivity contribution in [1.82, 2.24) is 15.1 Å². The zero-order valence-electron chi connectivity index (χ0n) is 16.1. The largest absolute Gasteiger partial charge is 0.312 e. The molecule has 0 spiro atoms. The molecule has 0 atom stereocenters. The van der Waals surface area contributed by atoms with E-state index in [-0.39, 0.29) is 0 Å². The summed E-state index contributed by atoms with van der Waals surface area (Å²) in [5.74, 6) is 13.3. The summed E-state index contributed by atoms with van der Waals surface area (Å²) in [5, 5.41) is 3.64. The summed E-state index contributed by atoms with van der Waals surface area (Å²) in [5.41, 5.74) is 0. The second kappa shape index (κ2) is 10.1. The Hall–Kier alpha value is -1.00. The van der Waals surface area contributed by atoms with Crippen LogP contribution < -0.4 is 5.32 Å². The van der Waals surface area contributed by atoms with Crippen molar-refractivity contribution in [3.63, 3.8) is 0 Å². The normalized spacial score (nSPS) is 21.4. The maximum atomic E-state index is 3.64. The van der Waals surface area contributed by atoms with Gasteiger partial charge in [-0.05, 0) is 64.5 Å². The molecule has 2 aliphatic heterocycles. The molecule has 2 saturated heterocycles. The van der Waals surface area contributed by atoms with E-state index >= 15 is 0 Å². The fourth-order valence-electron chi connectivity index (χ4n) is 3.62. The fourth-order valence-corrected chi connectivity index (χ4v) is 3.62. The van der Waals surface area contributed by atoms with Crippen LogP contribution in [-0.2, 0) is 0 Å². The Balaban J connectivity index is 1.63. The second-order valence-electron chi connectivity index (χ2n) is 7.85. The second-order valence-corrected chi connectivity index (χ2v) is 7.85. The van der Waals surface area contributed by atoms with Gasteiger partial charge in [0.05, 0.1) is 6.54 Å². The standard InChI is InChI=1S/C21H35N3/c1-18(2)22-21-11-14-23(15-12-21)13-7-5-6-8-20-9-16-24(17-10-20)19(3)4/h18-22H,9-17H2,1-4H3. The van der Waals surface area contributed by atoms with Crippen LogP contribution in [0.2, 0.25) is 0 Å². The molecule has 2 rings (SSSR count). The number of nitrogens with one attached hydrogen (secondary N) is 1. The Morgan fingerprint density at radius 2 is 1.58 bits per heavy atom. The van der Waals surface area contributed by atoms with E-state index in [9.17, 15) is 0 Å². The smallest absolute Gasteiger partial charge is 0.0611 e. The lowest BCUT2D eigenvalue weighted by molar-refractivity contribution is 0.167. The van der Waals surface area contributed by atoms with Crippen molar-refractivity contribution in [1.29, 1.82) is 0 Å². The predicted molar refractivity (Wildman–Crippen MR) is 103 cm³/mol. The number of hydrogen-bond acceptors (Lipinski definition) is 3. The first-order valence-electron chi connectivity index (χ1n) is 9.75. The van der Waals surface area contributed by atoms with Gasteiger partial charge in [-0.1, -0.05) is 25.7 Å². The fraction of sp³-hybridized carbons (Fsp3) is 0.810. The van der Waals surface area contributed by atoms with Crippen LogP contribution in [0.5, 0.6) is 0 Å². The molecule has 0 radical (unpaired) electrons. The third-order valence-electron chi connectivity index (χ3n) is 5.15. The molecular weight excluding hydrogens is 294 g/mol. The first-order chi connectivity index (χ1) is 11.5. The van der Waals surface area contributed by atoms with Gasteiger partial charge in [-0.3, -0.25) is 4.90 Å². The van der Waals surface area contributed by atoms with Crippen LogP contribution in [-0.4, -0.2) is 60.6 Å². The lowest BCUT2D eigenvalue weighted by Crippen LogP contribution is -2.44. The van der Waals surface area contributed by atoms with Gasteiger partial charge in [-0.25, -0.2) is 0 Å². The average Bonchev–Trinajstić information content (AvgIpc) is 2.56. The van der Waals surface area contributed by atoms with E-state index in [1.165, 1.54) is 38.8 Å². The van der Waals surface area contributed by atoms with Crippen molar-refractivity contribution in [2.45, 2.75) is 71.5 Å². The highest BCUT2D eigenvalue weighted by molar-refractivity contribution is 5.27. The summed E-state index contributed by atoms with van der Waals surface area (Å²) < 4.78 is 0. The van der Waals surface area contributed by atoms with E-state index in [0.29, 0.717) is 24.0 Å². The van der Waals surface area contributed by atoms with Crippen LogP contribution in [0, 0.1) is 29.6 Å². The molecule has 2 aliphatic rings. The summed E-state index contributed by atoms with van der Waals surface area (Å²) in [4.78, 5) is 5.00. The monoisotopic (exact) mass is 329 g/mol. The topological polar surface area (TPSA) is 18.5 Å². The molecule has 3 heteroatoms. The highest BCUT2D eigenvalue weighted by atomic mass is 15.1. The molecule has 134 valence electrons. The van der Waals surface area contributed by atoms with Crippen molar-refractivity contribution >= 4 is 0 Å². The molecule has 1 N–H and O–H groups in total. The van der Waals surface area contributed by atoms with E-state index in [1.54, 1.807) is 0 Å². The van der Waals surface area contributed by atoms with Crippen LogP contribution in [0.15, 0.2) is 0 Å². The molecule has 0 aromatic heterocycles. The average molecular weight is 330 g/mol. The molecule has 2 heterocycles. The Kier molecular flexibility index (Phi) is 8.13. The maximum absolute atomic E-state index is 3.64. The van der Waals surface area contributed by atoms with Crippen LogP contribution in [0.1, 0.15) is 53.4 Å². The Morgan fingerprint density at radius 3 is 2.17 bits per heavy atom. The Labute approximate surface area is 149 Å². The highest BCUT2D eigenvalue weighted by Gasteiger charge is 2.19. The number of likely N-dealkylation sites (tertiary alicyclic amines) is 2. The third-order valence-corrected chi connectivity index (χ3v) is 5.15. The summed E-state index contributed by atoms with van der Waals surface area (Å²) in [7, 11) is 0. The molecule has 2 fully saturated rings. The van der Waals surface area contributed by atoms with Crippen molar-refractivity contribution < 1.29 is 0 Å². The minimum Gasteiger partial charge on any atom is -0.312 e. The zero-order chi connectivity index (χ0) is 17.4. The lowest BCUT2D eigenvalue weighted by atomic mass is 9.97. The Morgan fingerprint density at radius 1 is 0.917 bits per heavy atom. The highest BCUT2D eigenvalue weighted by Crippen LogP contribution is 2.17. The molecule has 3 nitrogen and oxygen atoms in total. The van der Waals surface area contributed by atoms with Crippen LogP contribution in [0.4, 0.5) is 0 Å². The van der Waals surface area contributed by atoms with Crippen LogP contribution in [0.25, 0.3) is 0 Å². The van der Waals surface area contributed by atoms with Gasteiger partial charge in [0.25, 0.3) is 0 Å². The number of hydrogen-bond donors (Lipinski definition) is 1. The van der Waals surface area contributed by atoms with Crippen LogP contribution in [0.3, 0.4) is 0 Å². The minimum absolute atomic E-state index is 0.548. The van der Waals surface area contributed by atoms with Gasteiger partial charge < -0.3 is 10.2 Å².